The molecule has 190 valence electrons. The average molecular weight is 510 g/mol. The summed E-state index contributed by atoms with van der Waals surface area (Å²) in [7, 11) is -1.97. The molecule has 0 aliphatic carbocycles. The Hall–Kier alpha value is -3.56. The van der Waals surface area contributed by atoms with Crippen molar-refractivity contribution in [2.24, 2.45) is 0 Å². The van der Waals surface area contributed by atoms with Crippen LogP contribution in [0.2, 0.25) is 0 Å². The molecule has 1 aliphatic heterocycles. The standard InChI is InChI=1S/C27H31N3O5S/c1-34-26-10-6-5-9-25(26)29-17-19-30(20-18-29)27(31)21-35-23-11-13-24(14-12-23)36(32,33)28-16-15-22-7-3-2-4-8-22/h2-14,28H,15-21H2,1H3. The molecule has 1 fully saturated rings. The molecule has 9 heteroatoms. The molecule has 8 nitrogen and oxygen atoms in total. The zero-order chi connectivity index (χ0) is 25.4. The van der Waals surface area contributed by atoms with Crippen molar-refractivity contribution in [3.8, 4) is 11.5 Å². The molecule has 0 unspecified atom stereocenters. The number of ether oxygens (including phenoxy) is 2. The van der Waals surface area contributed by atoms with E-state index in [4.69, 9.17) is 9.47 Å². The van der Waals surface area contributed by atoms with E-state index in [2.05, 4.69) is 9.62 Å². The second-order valence-electron chi connectivity index (χ2n) is 8.43. The number of hydrogen-bond acceptors (Lipinski definition) is 6. The van der Waals surface area contributed by atoms with Crippen molar-refractivity contribution in [3.63, 3.8) is 0 Å². The lowest BCUT2D eigenvalue weighted by molar-refractivity contribution is -0.133. The van der Waals surface area contributed by atoms with Crippen molar-refractivity contribution < 1.29 is 22.7 Å². The summed E-state index contributed by atoms with van der Waals surface area (Å²) in [6, 6.07) is 23.7. The van der Waals surface area contributed by atoms with Gasteiger partial charge in [-0.3, -0.25) is 4.79 Å². The van der Waals surface area contributed by atoms with Gasteiger partial charge in [0.2, 0.25) is 10.0 Å². The number of sulfonamides is 1. The summed E-state index contributed by atoms with van der Waals surface area (Å²) in [6.45, 7) is 2.80. The fourth-order valence-corrected chi connectivity index (χ4v) is 5.13. The van der Waals surface area contributed by atoms with Crippen molar-refractivity contribution in [2.45, 2.75) is 11.3 Å². The van der Waals surface area contributed by atoms with Gasteiger partial charge >= 0.3 is 0 Å². The number of carbonyl (C=O) groups excluding carboxylic acids is 1. The van der Waals surface area contributed by atoms with Crippen molar-refractivity contribution >= 4 is 21.6 Å². The van der Waals surface area contributed by atoms with Gasteiger partial charge in [0.25, 0.3) is 5.91 Å². The number of nitrogens with one attached hydrogen (secondary N) is 1. The molecule has 1 saturated heterocycles. The van der Waals surface area contributed by atoms with Gasteiger partial charge in [0, 0.05) is 32.7 Å². The fourth-order valence-electron chi connectivity index (χ4n) is 4.10. The molecule has 0 bridgehead atoms. The van der Waals surface area contributed by atoms with Gasteiger partial charge in [-0.15, -0.1) is 0 Å². The predicted molar refractivity (Wildman–Crippen MR) is 139 cm³/mol. The summed E-state index contributed by atoms with van der Waals surface area (Å²) in [5.41, 5.74) is 2.09. The maximum Gasteiger partial charge on any atom is 0.260 e. The number of nitrogens with zero attached hydrogens (tertiary/aromatic N) is 2. The number of benzene rings is 3. The minimum absolute atomic E-state index is 0.101. The predicted octanol–water partition coefficient (Wildman–Crippen LogP) is 2.94. The first-order chi connectivity index (χ1) is 17.5. The fraction of sp³-hybridized carbons (Fsp3) is 0.296. The van der Waals surface area contributed by atoms with Crippen LogP contribution in [0.1, 0.15) is 5.56 Å². The highest BCUT2D eigenvalue weighted by Gasteiger charge is 2.23. The van der Waals surface area contributed by atoms with E-state index in [0.29, 0.717) is 44.9 Å². The number of rotatable bonds is 10. The molecule has 4 rings (SSSR count). The summed E-state index contributed by atoms with van der Waals surface area (Å²) in [5, 5.41) is 0. The Labute approximate surface area is 212 Å². The van der Waals surface area contributed by atoms with E-state index < -0.39 is 10.0 Å². The maximum absolute atomic E-state index is 12.7. The Morgan fingerprint density at radius 3 is 2.25 bits per heavy atom. The zero-order valence-corrected chi connectivity index (χ0v) is 21.1. The van der Waals surface area contributed by atoms with E-state index >= 15 is 0 Å². The van der Waals surface area contributed by atoms with Crippen molar-refractivity contribution in [3.05, 3.63) is 84.4 Å². The topological polar surface area (TPSA) is 88.2 Å². The van der Waals surface area contributed by atoms with E-state index in [9.17, 15) is 13.2 Å². The van der Waals surface area contributed by atoms with Crippen LogP contribution < -0.4 is 19.1 Å². The lowest BCUT2D eigenvalue weighted by Gasteiger charge is -2.36. The lowest BCUT2D eigenvalue weighted by Crippen LogP contribution is -2.50. The van der Waals surface area contributed by atoms with Crippen LogP contribution in [0.25, 0.3) is 0 Å². The third kappa shape index (κ3) is 6.56. The first kappa shape index (κ1) is 25.5. The monoisotopic (exact) mass is 509 g/mol. The summed E-state index contributed by atoms with van der Waals surface area (Å²) in [5.74, 6) is 1.16. The van der Waals surface area contributed by atoms with Gasteiger partial charge < -0.3 is 19.3 Å². The molecule has 0 aromatic heterocycles. The average Bonchev–Trinajstić information content (AvgIpc) is 2.92. The number of piperazine rings is 1. The van der Waals surface area contributed by atoms with Crippen LogP contribution in [0.15, 0.2) is 83.8 Å². The number of amides is 1. The van der Waals surface area contributed by atoms with Gasteiger partial charge in [-0.05, 0) is 48.4 Å². The Kier molecular flexibility index (Phi) is 8.45. The number of para-hydroxylation sites is 2. The molecular formula is C27H31N3O5S. The zero-order valence-electron chi connectivity index (χ0n) is 20.3. The Balaban J connectivity index is 1.23. The van der Waals surface area contributed by atoms with Gasteiger partial charge in [-0.25, -0.2) is 13.1 Å². The highest BCUT2D eigenvalue weighted by molar-refractivity contribution is 7.89. The highest BCUT2D eigenvalue weighted by Crippen LogP contribution is 2.28. The van der Waals surface area contributed by atoms with Crippen molar-refractivity contribution in [1.29, 1.82) is 0 Å². The summed E-state index contributed by atoms with van der Waals surface area (Å²) in [4.78, 5) is 16.8. The second kappa shape index (κ2) is 11.9. The van der Waals surface area contributed by atoms with E-state index in [1.54, 1.807) is 24.1 Å². The minimum Gasteiger partial charge on any atom is -0.495 e. The largest absolute Gasteiger partial charge is 0.495 e. The lowest BCUT2D eigenvalue weighted by atomic mass is 10.2. The molecule has 1 heterocycles. The summed E-state index contributed by atoms with van der Waals surface area (Å²) < 4.78 is 38.8. The van der Waals surface area contributed by atoms with Gasteiger partial charge in [0.05, 0.1) is 17.7 Å². The number of carbonyl (C=O) groups is 1. The molecule has 1 N–H and O–H groups in total. The molecule has 3 aromatic carbocycles. The van der Waals surface area contributed by atoms with Crippen molar-refractivity contribution in [1.82, 2.24) is 9.62 Å². The first-order valence-electron chi connectivity index (χ1n) is 11.9. The van der Waals surface area contributed by atoms with Crippen LogP contribution in [0.3, 0.4) is 0 Å². The van der Waals surface area contributed by atoms with Gasteiger partial charge in [-0.2, -0.15) is 0 Å². The van der Waals surface area contributed by atoms with E-state index in [0.717, 1.165) is 17.0 Å². The number of anilines is 1. The molecule has 0 radical (unpaired) electrons. The second-order valence-corrected chi connectivity index (χ2v) is 10.2. The molecule has 1 aliphatic rings. The van der Waals surface area contributed by atoms with Crippen molar-refractivity contribution in [2.75, 3.05) is 51.3 Å². The molecule has 1 amide bonds. The van der Waals surface area contributed by atoms with Crippen LogP contribution in [0, 0.1) is 0 Å². The summed E-state index contributed by atoms with van der Waals surface area (Å²) >= 11 is 0. The van der Waals surface area contributed by atoms with Crippen LogP contribution in [0.4, 0.5) is 5.69 Å². The van der Waals surface area contributed by atoms with Crippen LogP contribution in [-0.4, -0.2) is 65.7 Å². The summed E-state index contributed by atoms with van der Waals surface area (Å²) in [6.07, 6.45) is 0.608. The molecule has 3 aromatic rings. The number of hydrogen-bond donors (Lipinski definition) is 1. The quantitative estimate of drug-likeness (QED) is 0.452. The van der Waals surface area contributed by atoms with E-state index in [1.807, 2.05) is 54.6 Å². The highest BCUT2D eigenvalue weighted by atomic mass is 32.2. The normalized spacial score (nSPS) is 13.9. The van der Waals surface area contributed by atoms with Gasteiger partial charge in [0.1, 0.15) is 11.5 Å². The Morgan fingerprint density at radius 2 is 1.56 bits per heavy atom. The van der Waals surface area contributed by atoms with Crippen LogP contribution in [0.5, 0.6) is 11.5 Å². The van der Waals surface area contributed by atoms with Gasteiger partial charge in [0.15, 0.2) is 6.61 Å². The van der Waals surface area contributed by atoms with Crippen LogP contribution in [-0.2, 0) is 21.2 Å². The number of methoxy groups -OCH3 is 1. The Morgan fingerprint density at radius 1 is 0.889 bits per heavy atom. The third-order valence-electron chi connectivity index (χ3n) is 6.10. The van der Waals surface area contributed by atoms with Gasteiger partial charge in [-0.1, -0.05) is 42.5 Å². The first-order valence-corrected chi connectivity index (χ1v) is 13.4. The van der Waals surface area contributed by atoms with E-state index in [1.165, 1.54) is 12.1 Å². The molecule has 0 spiro atoms. The SMILES string of the molecule is COc1ccccc1N1CCN(C(=O)COc2ccc(S(=O)(=O)NCCc3ccccc3)cc2)CC1. The smallest absolute Gasteiger partial charge is 0.260 e. The van der Waals surface area contributed by atoms with E-state index in [-0.39, 0.29) is 17.4 Å². The molecule has 0 atom stereocenters. The minimum atomic E-state index is -3.62. The van der Waals surface area contributed by atoms with Crippen LogP contribution >= 0.6 is 0 Å². The molecule has 36 heavy (non-hydrogen) atoms. The molecule has 0 saturated carbocycles. The maximum atomic E-state index is 12.7. The third-order valence-corrected chi connectivity index (χ3v) is 7.58. The Bertz CT molecular complexity index is 1240. The molecular weight excluding hydrogens is 478 g/mol.